The van der Waals surface area contributed by atoms with E-state index in [0.29, 0.717) is 0 Å². The van der Waals surface area contributed by atoms with Crippen molar-refractivity contribution in [2.24, 2.45) is 11.1 Å². The Hall–Kier alpha value is -1.95. The van der Waals surface area contributed by atoms with Gasteiger partial charge >= 0.3 is 0 Å². The van der Waals surface area contributed by atoms with Crippen LogP contribution >= 0.6 is 0 Å². The zero-order valence-corrected chi connectivity index (χ0v) is 11.0. The molecule has 5 nitrogen and oxygen atoms in total. The summed E-state index contributed by atoms with van der Waals surface area (Å²) in [7, 11) is 0. The van der Waals surface area contributed by atoms with Crippen LogP contribution in [0, 0.1) is 11.2 Å². The van der Waals surface area contributed by atoms with Crippen molar-refractivity contribution in [3.63, 3.8) is 0 Å². The summed E-state index contributed by atoms with van der Waals surface area (Å²) in [6, 6.07) is 5.90. The number of carbonyl (C=O) groups is 2. The molecule has 1 rings (SSSR count). The Morgan fingerprint density at radius 2 is 1.95 bits per heavy atom. The Morgan fingerprint density at radius 3 is 2.53 bits per heavy atom. The first-order valence-electron chi connectivity index (χ1n) is 5.88. The predicted octanol–water partition coefficient (Wildman–Crippen LogP) is 0.865. The summed E-state index contributed by atoms with van der Waals surface area (Å²) in [5.74, 6) is -1.33. The molecule has 0 bridgehead atoms. The lowest BCUT2D eigenvalue weighted by Gasteiger charge is -2.20. The molecule has 0 saturated carbocycles. The summed E-state index contributed by atoms with van der Waals surface area (Å²) in [6.45, 7) is 3.60. The van der Waals surface area contributed by atoms with Crippen molar-refractivity contribution in [3.05, 3.63) is 30.1 Å². The maximum atomic E-state index is 13.3. The first-order valence-corrected chi connectivity index (χ1v) is 5.88. The standard InChI is InChI=1S/C13H18FN3O2/c1-13(2,12(15)19)8-16-7-11(18)17-10-6-4-3-5-9(10)14/h3-6,16H,7-8H2,1-2H3,(H2,15,19)(H,17,18). The molecule has 6 heteroatoms. The van der Waals surface area contributed by atoms with Gasteiger partial charge in [-0.2, -0.15) is 0 Å². The fourth-order valence-corrected chi connectivity index (χ4v) is 1.33. The highest BCUT2D eigenvalue weighted by Gasteiger charge is 2.24. The Labute approximate surface area is 111 Å². The van der Waals surface area contributed by atoms with E-state index in [1.807, 2.05) is 0 Å². The van der Waals surface area contributed by atoms with Crippen molar-refractivity contribution < 1.29 is 14.0 Å². The summed E-state index contributed by atoms with van der Waals surface area (Å²) in [5.41, 5.74) is 4.59. The van der Waals surface area contributed by atoms with Gasteiger partial charge in [-0.1, -0.05) is 12.1 Å². The molecule has 0 spiro atoms. The summed E-state index contributed by atoms with van der Waals surface area (Å²) in [4.78, 5) is 22.6. The second kappa shape index (κ2) is 6.29. The fourth-order valence-electron chi connectivity index (χ4n) is 1.33. The van der Waals surface area contributed by atoms with Crippen LogP contribution in [0.15, 0.2) is 24.3 Å². The van der Waals surface area contributed by atoms with E-state index in [9.17, 15) is 14.0 Å². The van der Waals surface area contributed by atoms with Gasteiger partial charge in [-0.15, -0.1) is 0 Å². The molecule has 0 heterocycles. The van der Waals surface area contributed by atoms with Crippen molar-refractivity contribution in [2.45, 2.75) is 13.8 Å². The van der Waals surface area contributed by atoms with E-state index in [4.69, 9.17) is 5.73 Å². The van der Waals surface area contributed by atoms with E-state index in [1.165, 1.54) is 12.1 Å². The minimum absolute atomic E-state index is 0.0228. The van der Waals surface area contributed by atoms with E-state index in [1.54, 1.807) is 26.0 Å². The van der Waals surface area contributed by atoms with Gasteiger partial charge in [0.1, 0.15) is 5.82 Å². The normalized spacial score (nSPS) is 11.1. The Morgan fingerprint density at radius 1 is 1.32 bits per heavy atom. The van der Waals surface area contributed by atoms with E-state index in [0.717, 1.165) is 0 Å². The van der Waals surface area contributed by atoms with Gasteiger partial charge in [-0.05, 0) is 26.0 Å². The number of halogens is 1. The van der Waals surface area contributed by atoms with Gasteiger partial charge < -0.3 is 16.4 Å². The van der Waals surface area contributed by atoms with Gasteiger partial charge in [-0.25, -0.2) is 4.39 Å². The van der Waals surface area contributed by atoms with Crippen LogP contribution in [0.4, 0.5) is 10.1 Å². The first kappa shape index (κ1) is 15.1. The van der Waals surface area contributed by atoms with Crippen LogP contribution in [0.3, 0.4) is 0 Å². The molecule has 0 aliphatic carbocycles. The molecular formula is C13H18FN3O2. The Kier molecular flexibility index (Phi) is 5.00. The van der Waals surface area contributed by atoms with Crippen LogP contribution in [-0.4, -0.2) is 24.9 Å². The van der Waals surface area contributed by atoms with Crippen LogP contribution in [0.2, 0.25) is 0 Å². The smallest absolute Gasteiger partial charge is 0.238 e. The maximum Gasteiger partial charge on any atom is 0.238 e. The van der Waals surface area contributed by atoms with Crippen molar-refractivity contribution in [1.29, 1.82) is 0 Å². The summed E-state index contributed by atoms with van der Waals surface area (Å²) in [5, 5.41) is 5.24. The van der Waals surface area contributed by atoms with Crippen molar-refractivity contribution in [2.75, 3.05) is 18.4 Å². The van der Waals surface area contributed by atoms with E-state index < -0.39 is 17.1 Å². The van der Waals surface area contributed by atoms with Gasteiger partial charge in [0.15, 0.2) is 0 Å². The van der Waals surface area contributed by atoms with Gasteiger partial charge in [0.25, 0.3) is 0 Å². The van der Waals surface area contributed by atoms with Crippen molar-refractivity contribution >= 4 is 17.5 Å². The molecule has 1 aromatic rings. The molecule has 19 heavy (non-hydrogen) atoms. The van der Waals surface area contributed by atoms with Crippen LogP contribution in [-0.2, 0) is 9.59 Å². The largest absolute Gasteiger partial charge is 0.369 e. The summed E-state index contributed by atoms with van der Waals surface area (Å²) < 4.78 is 13.3. The number of anilines is 1. The average Bonchev–Trinajstić information content (AvgIpc) is 2.31. The Bertz CT molecular complexity index is 475. The number of nitrogens with two attached hydrogens (primary N) is 1. The van der Waals surface area contributed by atoms with Crippen molar-refractivity contribution in [3.8, 4) is 0 Å². The van der Waals surface area contributed by atoms with Gasteiger partial charge in [-0.3, -0.25) is 9.59 Å². The number of nitrogens with one attached hydrogen (secondary N) is 2. The topological polar surface area (TPSA) is 84.2 Å². The molecule has 0 aliphatic rings. The molecular weight excluding hydrogens is 249 g/mol. The lowest BCUT2D eigenvalue weighted by atomic mass is 9.93. The Balaban J connectivity index is 2.41. The zero-order chi connectivity index (χ0) is 14.5. The number of amides is 2. The van der Waals surface area contributed by atoms with Crippen LogP contribution in [0.1, 0.15) is 13.8 Å². The lowest BCUT2D eigenvalue weighted by Crippen LogP contribution is -2.42. The molecule has 0 atom stereocenters. The third-order valence-electron chi connectivity index (χ3n) is 2.67. The number of rotatable bonds is 6. The SMILES string of the molecule is CC(C)(CNCC(=O)Nc1ccccc1F)C(N)=O. The highest BCUT2D eigenvalue weighted by molar-refractivity contribution is 5.92. The molecule has 0 saturated heterocycles. The van der Waals surface area contributed by atoms with Crippen LogP contribution in [0.25, 0.3) is 0 Å². The number of primary amides is 1. The average molecular weight is 267 g/mol. The number of hydrogen-bond acceptors (Lipinski definition) is 3. The van der Waals surface area contributed by atoms with E-state index >= 15 is 0 Å². The highest BCUT2D eigenvalue weighted by atomic mass is 19.1. The minimum atomic E-state index is -0.738. The minimum Gasteiger partial charge on any atom is -0.369 e. The highest BCUT2D eigenvalue weighted by Crippen LogP contribution is 2.13. The summed E-state index contributed by atoms with van der Waals surface area (Å²) >= 11 is 0. The molecule has 0 radical (unpaired) electrons. The van der Waals surface area contributed by atoms with Gasteiger partial charge in [0.05, 0.1) is 17.6 Å². The molecule has 0 aromatic heterocycles. The fraction of sp³-hybridized carbons (Fsp3) is 0.385. The molecule has 1 aromatic carbocycles. The molecule has 0 unspecified atom stereocenters. The number of hydrogen-bond donors (Lipinski definition) is 3. The number of para-hydroxylation sites is 1. The second-order valence-electron chi connectivity index (χ2n) is 4.88. The van der Waals surface area contributed by atoms with Crippen LogP contribution < -0.4 is 16.4 Å². The van der Waals surface area contributed by atoms with Crippen molar-refractivity contribution in [1.82, 2.24) is 5.32 Å². The quantitative estimate of drug-likeness (QED) is 0.715. The maximum absolute atomic E-state index is 13.3. The molecule has 0 fully saturated rings. The monoisotopic (exact) mass is 267 g/mol. The zero-order valence-electron chi connectivity index (χ0n) is 11.0. The van der Waals surface area contributed by atoms with Gasteiger partial charge in [0.2, 0.25) is 11.8 Å². The first-order chi connectivity index (χ1) is 8.83. The third-order valence-corrected chi connectivity index (χ3v) is 2.67. The summed E-state index contributed by atoms with van der Waals surface area (Å²) in [6.07, 6.45) is 0. The molecule has 2 amide bonds. The lowest BCUT2D eigenvalue weighted by molar-refractivity contribution is -0.126. The number of benzene rings is 1. The van der Waals surface area contributed by atoms with Gasteiger partial charge in [0, 0.05) is 6.54 Å². The molecule has 4 N–H and O–H groups in total. The molecule has 0 aliphatic heterocycles. The van der Waals surface area contributed by atoms with E-state index in [2.05, 4.69) is 10.6 Å². The third kappa shape index (κ3) is 4.67. The predicted molar refractivity (Wildman–Crippen MR) is 70.9 cm³/mol. The second-order valence-corrected chi connectivity index (χ2v) is 4.88. The van der Waals surface area contributed by atoms with E-state index in [-0.39, 0.29) is 24.7 Å². The number of carbonyl (C=O) groups excluding carboxylic acids is 2. The molecule has 104 valence electrons. The van der Waals surface area contributed by atoms with Crippen LogP contribution in [0.5, 0.6) is 0 Å².